The zero-order valence-corrected chi connectivity index (χ0v) is 16.3. The highest BCUT2D eigenvalue weighted by molar-refractivity contribution is 6.25. The summed E-state index contributed by atoms with van der Waals surface area (Å²) in [6, 6.07) is 0. The van der Waals surface area contributed by atoms with Crippen molar-refractivity contribution >= 4 is 53.7 Å². The normalized spacial score (nSPS) is 19.4. The molecule has 2 atom stereocenters. The van der Waals surface area contributed by atoms with Gasteiger partial charge in [-0.15, -0.1) is 0 Å². The molecule has 0 saturated carbocycles. The summed E-state index contributed by atoms with van der Waals surface area (Å²) < 4.78 is 0. The number of aliphatic carboxylic acids is 9. The molecule has 0 spiro atoms. The Bertz CT molecular complexity index is 1220. The number of hydrogen-bond acceptors (Lipinski definition) is 9. The van der Waals surface area contributed by atoms with Gasteiger partial charge >= 0.3 is 53.7 Å². The highest BCUT2D eigenvalue weighted by Crippen LogP contribution is 2.54. The maximum atomic E-state index is 12.4. The SMILES string of the molecule is O=C(O)C1=C(C(=O)O)C(C(=O)O)C(C(=O)O)(C(C(=O)O)=C(C(=O)O)C(=O)O)C(C(=O)O)=C1C(=O)O. The van der Waals surface area contributed by atoms with Crippen molar-refractivity contribution in [3.63, 3.8) is 0 Å². The molecule has 0 heterocycles. The molecule has 0 aromatic heterocycles. The molecule has 9 N–H and O–H groups in total. The van der Waals surface area contributed by atoms with Gasteiger partial charge in [-0.2, -0.15) is 0 Å². The second-order valence-electron chi connectivity index (χ2n) is 6.31. The molecule has 0 bridgehead atoms. The minimum absolute atomic E-state index is 2.09. The Morgan fingerprint density at radius 3 is 1.20 bits per heavy atom. The van der Waals surface area contributed by atoms with E-state index in [9.17, 15) is 89.1 Å². The van der Waals surface area contributed by atoms with Gasteiger partial charge in [0, 0.05) is 0 Å². The van der Waals surface area contributed by atoms with Crippen molar-refractivity contribution in [1.82, 2.24) is 0 Å². The summed E-state index contributed by atoms with van der Waals surface area (Å²) in [5.41, 5.74) is -18.7. The summed E-state index contributed by atoms with van der Waals surface area (Å²) in [7, 11) is 0. The van der Waals surface area contributed by atoms with Gasteiger partial charge in [0.2, 0.25) is 0 Å². The summed E-state index contributed by atoms with van der Waals surface area (Å²) in [4.78, 5) is 107. The first-order valence-electron chi connectivity index (χ1n) is 8.22. The molecule has 1 aliphatic carbocycles. The average Bonchev–Trinajstić information content (AvgIpc) is 2.67. The van der Waals surface area contributed by atoms with Crippen molar-refractivity contribution in [2.75, 3.05) is 0 Å². The highest BCUT2D eigenvalue weighted by atomic mass is 16.4. The Morgan fingerprint density at radius 1 is 0.543 bits per heavy atom. The lowest BCUT2D eigenvalue weighted by Gasteiger charge is -2.40. The highest BCUT2D eigenvalue weighted by Gasteiger charge is 2.68. The van der Waals surface area contributed by atoms with E-state index in [4.69, 9.17) is 0 Å². The van der Waals surface area contributed by atoms with Gasteiger partial charge in [0.25, 0.3) is 0 Å². The second-order valence-corrected chi connectivity index (χ2v) is 6.31. The molecule has 18 heteroatoms. The monoisotopic (exact) mass is 502 g/mol. The van der Waals surface area contributed by atoms with Gasteiger partial charge in [0.05, 0.1) is 27.9 Å². The van der Waals surface area contributed by atoms with Gasteiger partial charge in [-0.3, -0.25) is 9.59 Å². The average molecular weight is 502 g/mol. The van der Waals surface area contributed by atoms with Crippen LogP contribution in [0.15, 0.2) is 33.4 Å². The quantitative estimate of drug-likeness (QED) is 0.0830. The zero-order chi connectivity index (χ0) is 27.7. The Morgan fingerprint density at radius 2 is 0.971 bits per heavy atom. The first-order valence-corrected chi connectivity index (χ1v) is 8.22. The molecule has 0 fully saturated rings. The zero-order valence-electron chi connectivity index (χ0n) is 16.3. The molecule has 0 aliphatic heterocycles. The molecule has 0 aromatic rings. The number of carboxylic acids is 9. The molecule has 1 aliphatic rings. The van der Waals surface area contributed by atoms with Crippen molar-refractivity contribution in [3.05, 3.63) is 33.4 Å². The molecule has 0 amide bonds. The van der Waals surface area contributed by atoms with Crippen molar-refractivity contribution in [2.24, 2.45) is 11.3 Å². The molecule has 35 heavy (non-hydrogen) atoms. The lowest BCUT2D eigenvalue weighted by atomic mass is 9.56. The molecule has 0 aromatic carbocycles. The first kappa shape index (κ1) is 27.5. The third kappa shape index (κ3) is 4.01. The van der Waals surface area contributed by atoms with Crippen LogP contribution in [0.5, 0.6) is 0 Å². The van der Waals surface area contributed by atoms with Gasteiger partial charge in [0.15, 0.2) is 11.0 Å². The van der Waals surface area contributed by atoms with E-state index >= 15 is 0 Å². The molecular formula is C17H10O18. The van der Waals surface area contributed by atoms with Gasteiger partial charge < -0.3 is 46.0 Å². The van der Waals surface area contributed by atoms with Crippen molar-refractivity contribution in [2.45, 2.75) is 0 Å². The summed E-state index contributed by atoms with van der Waals surface area (Å²) in [5, 5.41) is 85.3. The lowest BCUT2D eigenvalue weighted by Crippen LogP contribution is -2.55. The Kier molecular flexibility index (Phi) is 7.17. The molecule has 186 valence electrons. The fourth-order valence-corrected chi connectivity index (χ4v) is 3.60. The number of carbonyl (C=O) groups is 9. The molecule has 18 nitrogen and oxygen atoms in total. The fraction of sp³-hybridized carbons (Fsp3) is 0.118. The Labute approximate surface area is 188 Å². The van der Waals surface area contributed by atoms with Crippen LogP contribution in [0.3, 0.4) is 0 Å². The largest absolute Gasteiger partial charge is 0.481 e. The molecule has 2 unspecified atom stereocenters. The summed E-state index contributed by atoms with van der Waals surface area (Å²) in [6.07, 6.45) is 0. The number of rotatable bonds is 10. The van der Waals surface area contributed by atoms with Crippen LogP contribution in [0.25, 0.3) is 0 Å². The third-order valence-corrected chi connectivity index (χ3v) is 4.63. The van der Waals surface area contributed by atoms with E-state index in [1.54, 1.807) is 0 Å². The van der Waals surface area contributed by atoms with E-state index in [0.29, 0.717) is 0 Å². The summed E-state index contributed by atoms with van der Waals surface area (Å²) in [5.74, 6) is -28.9. The minimum Gasteiger partial charge on any atom is -0.481 e. The van der Waals surface area contributed by atoms with Crippen LogP contribution in [-0.4, -0.2) is 99.7 Å². The molecule has 0 saturated heterocycles. The van der Waals surface area contributed by atoms with E-state index < -0.39 is 98.5 Å². The van der Waals surface area contributed by atoms with E-state index in [-0.39, 0.29) is 0 Å². The van der Waals surface area contributed by atoms with Gasteiger partial charge in [-0.05, 0) is 0 Å². The van der Waals surface area contributed by atoms with Crippen LogP contribution >= 0.6 is 0 Å². The predicted molar refractivity (Wildman–Crippen MR) is 95.7 cm³/mol. The van der Waals surface area contributed by atoms with Crippen LogP contribution in [-0.2, 0) is 43.2 Å². The van der Waals surface area contributed by atoms with Crippen molar-refractivity contribution < 1.29 is 89.1 Å². The minimum atomic E-state index is -4.62. The standard InChI is InChI=1S/C17H10O18/c18-8(19)1-2(9(20)21)5(13(28)29)17(16(34)35,6(14(30)31)3(1)10(22)23)7(15(32)33)4(11(24)25)12(26)27/h5H,(H,18,19)(H,20,21)(H,22,23)(H,24,25)(H,26,27)(H,28,29)(H,30,31)(H,32,33)(H,34,35). The van der Waals surface area contributed by atoms with E-state index in [2.05, 4.69) is 0 Å². The van der Waals surface area contributed by atoms with Crippen LogP contribution in [0.2, 0.25) is 0 Å². The fourth-order valence-electron chi connectivity index (χ4n) is 3.60. The Hall–Kier alpha value is -5.55. The van der Waals surface area contributed by atoms with E-state index in [1.165, 1.54) is 0 Å². The van der Waals surface area contributed by atoms with Gasteiger partial charge in [-0.1, -0.05) is 0 Å². The maximum Gasteiger partial charge on any atom is 0.343 e. The Balaban J connectivity index is 5.01. The first-order chi connectivity index (χ1) is 15.9. The smallest absolute Gasteiger partial charge is 0.343 e. The number of hydrogen-bond donors (Lipinski definition) is 9. The van der Waals surface area contributed by atoms with E-state index in [0.717, 1.165) is 0 Å². The van der Waals surface area contributed by atoms with Crippen molar-refractivity contribution in [1.29, 1.82) is 0 Å². The summed E-state index contributed by atoms with van der Waals surface area (Å²) >= 11 is 0. The summed E-state index contributed by atoms with van der Waals surface area (Å²) in [6.45, 7) is 0. The van der Waals surface area contributed by atoms with Crippen LogP contribution in [0.1, 0.15) is 0 Å². The third-order valence-electron chi connectivity index (χ3n) is 4.63. The molecule has 0 radical (unpaired) electrons. The lowest BCUT2D eigenvalue weighted by molar-refractivity contribution is -0.161. The second kappa shape index (κ2) is 9.13. The topological polar surface area (TPSA) is 336 Å². The van der Waals surface area contributed by atoms with Gasteiger partial charge in [0.1, 0.15) is 5.92 Å². The maximum absolute atomic E-state index is 12.4. The van der Waals surface area contributed by atoms with Crippen LogP contribution < -0.4 is 0 Å². The molecule has 1 rings (SSSR count). The van der Waals surface area contributed by atoms with Crippen molar-refractivity contribution in [3.8, 4) is 0 Å². The predicted octanol–water partition coefficient (Wildman–Crippen LogP) is -2.75. The van der Waals surface area contributed by atoms with Crippen LogP contribution in [0.4, 0.5) is 0 Å². The molecular weight excluding hydrogens is 492 g/mol. The van der Waals surface area contributed by atoms with Gasteiger partial charge in [-0.25, -0.2) is 33.6 Å². The number of carboxylic acid groups (broad SMARTS) is 9. The van der Waals surface area contributed by atoms with Crippen LogP contribution in [0, 0.1) is 11.3 Å². The van der Waals surface area contributed by atoms with E-state index in [1.807, 2.05) is 0 Å².